The highest BCUT2D eigenvalue weighted by atomic mass is 79.9. The van der Waals surface area contributed by atoms with Gasteiger partial charge < -0.3 is 4.74 Å². The van der Waals surface area contributed by atoms with Crippen molar-refractivity contribution in [2.75, 3.05) is 0 Å². The van der Waals surface area contributed by atoms with E-state index >= 15 is 0 Å². The number of nitrogens with zero attached hydrogens (tertiary/aromatic N) is 2. The van der Waals surface area contributed by atoms with Crippen molar-refractivity contribution in [3.8, 4) is 11.6 Å². The second kappa shape index (κ2) is 5.44. The van der Waals surface area contributed by atoms with Crippen LogP contribution < -0.4 is 4.74 Å². The molecular weight excluding hydrogens is 299 g/mol. The first-order chi connectivity index (χ1) is 8.58. The lowest BCUT2D eigenvalue weighted by atomic mass is 10.2. The first-order valence-corrected chi connectivity index (χ1v) is 6.35. The van der Waals surface area contributed by atoms with E-state index in [9.17, 15) is 4.39 Å². The second-order valence-electron chi connectivity index (χ2n) is 3.81. The lowest BCUT2D eigenvalue weighted by molar-refractivity contribution is 0.453. The molecule has 1 aromatic heterocycles. The van der Waals surface area contributed by atoms with E-state index < -0.39 is 0 Å². The topological polar surface area (TPSA) is 35.0 Å². The minimum absolute atomic E-state index is 0.295. The molecule has 0 bridgehead atoms. The van der Waals surface area contributed by atoms with Crippen LogP contribution in [0.1, 0.15) is 18.3 Å². The molecule has 0 aliphatic heterocycles. The van der Waals surface area contributed by atoms with Crippen LogP contribution in [0, 0.1) is 12.7 Å². The van der Waals surface area contributed by atoms with Crippen LogP contribution >= 0.6 is 15.9 Å². The third-order valence-corrected chi connectivity index (χ3v) is 2.81. The fourth-order valence-corrected chi connectivity index (χ4v) is 1.81. The van der Waals surface area contributed by atoms with E-state index in [-0.39, 0.29) is 5.82 Å². The molecule has 1 heterocycles. The quantitative estimate of drug-likeness (QED) is 0.802. The van der Waals surface area contributed by atoms with Gasteiger partial charge in [-0.2, -0.15) is 4.98 Å². The molecule has 0 amide bonds. The van der Waals surface area contributed by atoms with Gasteiger partial charge in [0.15, 0.2) is 0 Å². The normalized spacial score (nSPS) is 10.4. The van der Waals surface area contributed by atoms with E-state index in [1.165, 1.54) is 6.07 Å². The van der Waals surface area contributed by atoms with Crippen molar-refractivity contribution in [2.24, 2.45) is 0 Å². The van der Waals surface area contributed by atoms with Gasteiger partial charge in [0.2, 0.25) is 5.88 Å². The summed E-state index contributed by atoms with van der Waals surface area (Å²) in [4.78, 5) is 8.39. The summed E-state index contributed by atoms with van der Waals surface area (Å²) in [5.41, 5.74) is 0.584. The van der Waals surface area contributed by atoms with Gasteiger partial charge in [0.05, 0.1) is 0 Å². The van der Waals surface area contributed by atoms with Gasteiger partial charge in [-0.05, 0) is 34.5 Å². The van der Waals surface area contributed by atoms with E-state index in [2.05, 4.69) is 25.9 Å². The highest BCUT2D eigenvalue weighted by molar-refractivity contribution is 9.10. The SMILES string of the molecule is CCc1nc(Br)cc(Oc2ccc(C)c(F)c2)n1. The molecule has 2 aromatic rings. The number of hydrogen-bond donors (Lipinski definition) is 0. The number of halogens is 2. The first kappa shape index (κ1) is 13.0. The van der Waals surface area contributed by atoms with E-state index in [0.717, 1.165) is 0 Å². The Morgan fingerprint density at radius 1 is 1.28 bits per heavy atom. The minimum Gasteiger partial charge on any atom is -0.439 e. The van der Waals surface area contributed by atoms with Gasteiger partial charge in [-0.1, -0.05) is 13.0 Å². The number of rotatable bonds is 3. The Labute approximate surface area is 113 Å². The van der Waals surface area contributed by atoms with Crippen molar-refractivity contribution < 1.29 is 9.13 Å². The van der Waals surface area contributed by atoms with E-state index in [0.29, 0.717) is 34.0 Å². The smallest absolute Gasteiger partial charge is 0.223 e. The molecule has 0 saturated heterocycles. The molecule has 0 saturated carbocycles. The van der Waals surface area contributed by atoms with Gasteiger partial charge in [-0.25, -0.2) is 9.37 Å². The zero-order valence-corrected chi connectivity index (χ0v) is 11.7. The van der Waals surface area contributed by atoms with Gasteiger partial charge in [0.25, 0.3) is 0 Å². The average molecular weight is 311 g/mol. The fraction of sp³-hybridized carbons (Fsp3) is 0.231. The summed E-state index contributed by atoms with van der Waals surface area (Å²) < 4.78 is 19.6. The lowest BCUT2D eigenvalue weighted by Crippen LogP contribution is -1.97. The lowest BCUT2D eigenvalue weighted by Gasteiger charge is -2.07. The summed E-state index contributed by atoms with van der Waals surface area (Å²) in [6, 6.07) is 6.37. The summed E-state index contributed by atoms with van der Waals surface area (Å²) in [7, 11) is 0. The Hall–Kier alpha value is -1.49. The Balaban J connectivity index is 2.27. The molecule has 0 radical (unpaired) electrons. The zero-order chi connectivity index (χ0) is 13.1. The Morgan fingerprint density at radius 2 is 2.06 bits per heavy atom. The molecule has 18 heavy (non-hydrogen) atoms. The molecule has 0 aliphatic carbocycles. The number of hydrogen-bond acceptors (Lipinski definition) is 3. The maximum absolute atomic E-state index is 13.4. The van der Waals surface area contributed by atoms with Crippen LogP contribution in [-0.4, -0.2) is 9.97 Å². The van der Waals surface area contributed by atoms with Crippen molar-refractivity contribution in [1.82, 2.24) is 9.97 Å². The van der Waals surface area contributed by atoms with Crippen molar-refractivity contribution in [3.63, 3.8) is 0 Å². The minimum atomic E-state index is -0.295. The third-order valence-electron chi connectivity index (χ3n) is 2.40. The van der Waals surface area contributed by atoms with Gasteiger partial charge in [-0.3, -0.25) is 0 Å². The Bertz CT molecular complexity index is 575. The van der Waals surface area contributed by atoms with E-state index in [1.807, 2.05) is 6.92 Å². The predicted octanol–water partition coefficient (Wildman–Crippen LogP) is 4.04. The summed E-state index contributed by atoms with van der Waals surface area (Å²) in [5, 5.41) is 0. The third kappa shape index (κ3) is 3.04. The van der Waals surface area contributed by atoms with Crippen LogP contribution in [0.4, 0.5) is 4.39 Å². The van der Waals surface area contributed by atoms with Crippen LogP contribution in [0.15, 0.2) is 28.9 Å². The molecule has 0 unspecified atom stereocenters. The molecule has 0 N–H and O–H groups in total. The molecule has 0 spiro atoms. The van der Waals surface area contributed by atoms with E-state index in [1.54, 1.807) is 25.1 Å². The summed E-state index contributed by atoms with van der Waals surface area (Å²) >= 11 is 3.29. The maximum atomic E-state index is 13.4. The van der Waals surface area contributed by atoms with Gasteiger partial charge >= 0.3 is 0 Å². The number of aromatic nitrogens is 2. The van der Waals surface area contributed by atoms with Crippen molar-refractivity contribution in [1.29, 1.82) is 0 Å². The number of ether oxygens (including phenoxy) is 1. The van der Waals surface area contributed by atoms with Crippen LogP contribution in [0.2, 0.25) is 0 Å². The average Bonchev–Trinajstić information content (AvgIpc) is 2.33. The molecular formula is C13H12BrFN2O. The van der Waals surface area contributed by atoms with Crippen LogP contribution in [0.5, 0.6) is 11.6 Å². The highest BCUT2D eigenvalue weighted by Gasteiger charge is 2.06. The highest BCUT2D eigenvalue weighted by Crippen LogP contribution is 2.23. The molecule has 94 valence electrons. The number of aryl methyl sites for hydroxylation is 2. The van der Waals surface area contributed by atoms with Gasteiger partial charge in [-0.15, -0.1) is 0 Å². The second-order valence-corrected chi connectivity index (χ2v) is 4.62. The largest absolute Gasteiger partial charge is 0.439 e. The standard InChI is InChI=1S/C13H12BrFN2O/c1-3-12-16-11(14)7-13(17-12)18-9-5-4-8(2)10(15)6-9/h4-7H,3H2,1-2H3. The van der Waals surface area contributed by atoms with E-state index in [4.69, 9.17) is 4.74 Å². The van der Waals surface area contributed by atoms with Crippen molar-refractivity contribution in [2.45, 2.75) is 20.3 Å². The zero-order valence-electron chi connectivity index (χ0n) is 10.1. The summed E-state index contributed by atoms with van der Waals surface area (Å²) in [5.74, 6) is 1.20. The predicted molar refractivity (Wildman–Crippen MR) is 70.3 cm³/mol. The molecule has 0 fully saturated rings. The molecule has 1 aromatic carbocycles. The molecule has 0 atom stereocenters. The van der Waals surface area contributed by atoms with Crippen molar-refractivity contribution >= 4 is 15.9 Å². The summed E-state index contributed by atoms with van der Waals surface area (Å²) in [6.07, 6.45) is 0.706. The molecule has 0 aliphatic rings. The van der Waals surface area contributed by atoms with Crippen molar-refractivity contribution in [3.05, 3.63) is 46.1 Å². The van der Waals surface area contributed by atoms with Crippen LogP contribution in [0.25, 0.3) is 0 Å². The van der Waals surface area contributed by atoms with Gasteiger partial charge in [0.1, 0.15) is 22.0 Å². The maximum Gasteiger partial charge on any atom is 0.223 e. The van der Waals surface area contributed by atoms with Crippen LogP contribution in [0.3, 0.4) is 0 Å². The molecule has 3 nitrogen and oxygen atoms in total. The van der Waals surface area contributed by atoms with Crippen LogP contribution in [-0.2, 0) is 6.42 Å². The molecule has 5 heteroatoms. The molecule has 2 rings (SSSR count). The first-order valence-electron chi connectivity index (χ1n) is 5.56. The summed E-state index contributed by atoms with van der Waals surface area (Å²) in [6.45, 7) is 3.66. The monoisotopic (exact) mass is 310 g/mol. The Kier molecular flexibility index (Phi) is 3.91. The van der Waals surface area contributed by atoms with Gasteiger partial charge in [0, 0.05) is 18.6 Å². The fourth-order valence-electron chi connectivity index (χ4n) is 1.41. The Morgan fingerprint density at radius 3 is 2.72 bits per heavy atom. The number of benzene rings is 1.